The minimum absolute atomic E-state index is 0.285. The van der Waals surface area contributed by atoms with Gasteiger partial charge in [-0.15, -0.1) is 0 Å². The lowest BCUT2D eigenvalue weighted by Gasteiger charge is -2.33. The van der Waals surface area contributed by atoms with Crippen LogP contribution < -0.4 is 10.6 Å². The van der Waals surface area contributed by atoms with Crippen molar-refractivity contribution in [1.82, 2.24) is 20.5 Å². The van der Waals surface area contributed by atoms with E-state index in [1.807, 2.05) is 24.3 Å². The van der Waals surface area contributed by atoms with Crippen LogP contribution in [0, 0.1) is 0 Å². The van der Waals surface area contributed by atoms with Gasteiger partial charge in [-0.05, 0) is 48.2 Å². The van der Waals surface area contributed by atoms with Gasteiger partial charge in [0.15, 0.2) is 5.96 Å². The second-order valence-electron chi connectivity index (χ2n) is 8.42. The molecular weight excluding hydrogens is 414 g/mol. The Morgan fingerprint density at radius 3 is 2.61 bits per heavy atom. The Labute approximate surface area is 195 Å². The number of pyridine rings is 1. The van der Waals surface area contributed by atoms with Gasteiger partial charge in [-0.3, -0.25) is 14.9 Å². The van der Waals surface area contributed by atoms with Gasteiger partial charge >= 0.3 is 0 Å². The van der Waals surface area contributed by atoms with Crippen molar-refractivity contribution in [3.8, 4) is 0 Å². The molecular formula is C26H33N5O2. The highest BCUT2D eigenvalue weighted by atomic mass is 16.3. The van der Waals surface area contributed by atoms with Crippen molar-refractivity contribution in [3.05, 3.63) is 90.1 Å². The van der Waals surface area contributed by atoms with E-state index in [1.165, 1.54) is 5.56 Å². The predicted octanol–water partition coefficient (Wildman–Crippen LogP) is 3.15. The van der Waals surface area contributed by atoms with Gasteiger partial charge in [0, 0.05) is 51.0 Å². The number of furan rings is 1. The molecule has 1 aromatic carbocycles. The van der Waals surface area contributed by atoms with E-state index in [0.29, 0.717) is 12.6 Å². The highest BCUT2D eigenvalue weighted by molar-refractivity contribution is 5.80. The van der Waals surface area contributed by atoms with E-state index < -0.39 is 6.10 Å². The SMILES string of the molecule is OC(CN=C(NCCc1ccco1)NC1CCN(Cc2ccccc2)CC1)c1ccncc1. The lowest BCUT2D eigenvalue weighted by Crippen LogP contribution is -2.49. The molecule has 1 atom stereocenters. The number of benzene rings is 1. The lowest BCUT2D eigenvalue weighted by atomic mass is 10.0. The van der Waals surface area contributed by atoms with Gasteiger partial charge in [-0.1, -0.05) is 30.3 Å². The number of nitrogens with one attached hydrogen (secondary N) is 2. The summed E-state index contributed by atoms with van der Waals surface area (Å²) in [5.41, 5.74) is 2.17. The molecule has 0 saturated carbocycles. The van der Waals surface area contributed by atoms with Crippen molar-refractivity contribution < 1.29 is 9.52 Å². The van der Waals surface area contributed by atoms with Gasteiger partial charge in [-0.2, -0.15) is 0 Å². The number of piperidine rings is 1. The number of rotatable bonds is 9. The van der Waals surface area contributed by atoms with E-state index in [2.05, 4.69) is 55.8 Å². The number of likely N-dealkylation sites (tertiary alicyclic amines) is 1. The maximum absolute atomic E-state index is 10.5. The maximum Gasteiger partial charge on any atom is 0.191 e. The fraction of sp³-hybridized carbons (Fsp3) is 0.385. The summed E-state index contributed by atoms with van der Waals surface area (Å²) in [4.78, 5) is 11.2. The van der Waals surface area contributed by atoms with E-state index in [9.17, 15) is 5.11 Å². The van der Waals surface area contributed by atoms with Crippen LogP contribution >= 0.6 is 0 Å². The zero-order valence-electron chi connectivity index (χ0n) is 18.9. The number of hydrogen-bond donors (Lipinski definition) is 3. The maximum atomic E-state index is 10.5. The molecule has 1 fully saturated rings. The normalized spacial score (nSPS) is 16.5. The van der Waals surface area contributed by atoms with Gasteiger partial charge in [0.25, 0.3) is 0 Å². The van der Waals surface area contributed by atoms with Crippen molar-refractivity contribution in [2.75, 3.05) is 26.2 Å². The van der Waals surface area contributed by atoms with Crippen LogP contribution in [0.2, 0.25) is 0 Å². The van der Waals surface area contributed by atoms with Crippen LogP contribution in [0.4, 0.5) is 0 Å². The van der Waals surface area contributed by atoms with E-state index in [-0.39, 0.29) is 6.54 Å². The minimum atomic E-state index is -0.663. The standard InChI is InChI=1S/C26H33N5O2/c32-25(22-8-13-27-14-9-22)19-29-26(28-15-10-24-7-4-18-33-24)30-23-11-16-31(17-12-23)20-21-5-2-1-3-6-21/h1-9,13-14,18,23,25,32H,10-12,15-17,19-20H2,(H2,28,29,30). The molecule has 1 unspecified atom stereocenters. The van der Waals surface area contributed by atoms with Gasteiger partial charge in [0.1, 0.15) is 5.76 Å². The summed E-state index contributed by atoms with van der Waals surface area (Å²) in [5.74, 6) is 1.67. The molecule has 4 rings (SSSR count). The fourth-order valence-electron chi connectivity index (χ4n) is 4.05. The molecule has 0 radical (unpaired) electrons. The van der Waals surface area contributed by atoms with E-state index in [0.717, 1.165) is 56.2 Å². The molecule has 1 aliphatic rings. The van der Waals surface area contributed by atoms with E-state index >= 15 is 0 Å². The minimum Gasteiger partial charge on any atom is -0.469 e. The van der Waals surface area contributed by atoms with Crippen LogP contribution in [-0.4, -0.2) is 53.2 Å². The monoisotopic (exact) mass is 447 g/mol. The summed E-state index contributed by atoms with van der Waals surface area (Å²) in [6.45, 7) is 4.08. The average Bonchev–Trinajstić information content (AvgIpc) is 3.38. The van der Waals surface area contributed by atoms with Gasteiger partial charge < -0.3 is 20.2 Å². The Morgan fingerprint density at radius 2 is 1.88 bits per heavy atom. The summed E-state index contributed by atoms with van der Waals surface area (Å²) < 4.78 is 5.43. The Kier molecular flexibility index (Phi) is 8.49. The number of guanidine groups is 1. The van der Waals surface area contributed by atoms with Crippen molar-refractivity contribution in [3.63, 3.8) is 0 Å². The predicted molar refractivity (Wildman–Crippen MR) is 130 cm³/mol. The van der Waals surface area contributed by atoms with Gasteiger partial charge in [-0.25, -0.2) is 0 Å². The number of aromatic nitrogens is 1. The number of hydrogen-bond acceptors (Lipinski definition) is 5. The smallest absolute Gasteiger partial charge is 0.191 e. The first kappa shape index (κ1) is 23.0. The Bertz CT molecular complexity index is 955. The van der Waals surface area contributed by atoms with Crippen LogP contribution in [0.15, 0.2) is 82.7 Å². The molecule has 3 heterocycles. The second-order valence-corrected chi connectivity index (χ2v) is 8.42. The third kappa shape index (κ3) is 7.44. The Morgan fingerprint density at radius 1 is 1.09 bits per heavy atom. The molecule has 0 amide bonds. The molecule has 174 valence electrons. The summed E-state index contributed by atoms with van der Waals surface area (Å²) in [5, 5.41) is 17.5. The summed E-state index contributed by atoms with van der Waals surface area (Å²) >= 11 is 0. The topological polar surface area (TPSA) is 85.9 Å². The van der Waals surface area contributed by atoms with Crippen LogP contribution in [0.3, 0.4) is 0 Å². The lowest BCUT2D eigenvalue weighted by molar-refractivity contribution is 0.186. The molecule has 3 aromatic rings. The van der Waals surface area contributed by atoms with Gasteiger partial charge in [0.05, 0.1) is 18.9 Å². The Hall–Kier alpha value is -3.16. The van der Waals surface area contributed by atoms with Crippen molar-refractivity contribution >= 4 is 5.96 Å². The van der Waals surface area contributed by atoms with Crippen LogP contribution in [0.25, 0.3) is 0 Å². The zero-order chi connectivity index (χ0) is 22.7. The first-order chi connectivity index (χ1) is 16.3. The molecule has 7 heteroatoms. The third-order valence-electron chi connectivity index (χ3n) is 5.93. The highest BCUT2D eigenvalue weighted by Gasteiger charge is 2.20. The molecule has 3 N–H and O–H groups in total. The summed E-state index contributed by atoms with van der Waals surface area (Å²) in [6.07, 6.45) is 7.28. The third-order valence-corrected chi connectivity index (χ3v) is 5.93. The largest absolute Gasteiger partial charge is 0.469 e. The summed E-state index contributed by atoms with van der Waals surface area (Å²) in [7, 11) is 0. The van der Waals surface area contributed by atoms with Crippen LogP contribution in [-0.2, 0) is 13.0 Å². The van der Waals surface area contributed by atoms with Crippen LogP contribution in [0.5, 0.6) is 0 Å². The van der Waals surface area contributed by atoms with E-state index in [4.69, 9.17) is 4.42 Å². The highest BCUT2D eigenvalue weighted by Crippen LogP contribution is 2.15. The number of aliphatic hydroxyl groups is 1. The summed E-state index contributed by atoms with van der Waals surface area (Å²) in [6, 6.07) is 18.5. The number of aliphatic hydroxyl groups excluding tert-OH is 1. The first-order valence-corrected chi connectivity index (χ1v) is 11.7. The number of aliphatic imine (C=N–C) groups is 1. The second kappa shape index (κ2) is 12.2. The average molecular weight is 448 g/mol. The quantitative estimate of drug-likeness (QED) is 0.345. The molecule has 1 aliphatic heterocycles. The fourth-order valence-corrected chi connectivity index (χ4v) is 4.05. The first-order valence-electron chi connectivity index (χ1n) is 11.7. The molecule has 0 aliphatic carbocycles. The molecule has 33 heavy (non-hydrogen) atoms. The molecule has 2 aromatic heterocycles. The molecule has 0 bridgehead atoms. The number of nitrogens with zero attached hydrogens (tertiary/aromatic N) is 3. The molecule has 1 saturated heterocycles. The zero-order valence-corrected chi connectivity index (χ0v) is 18.9. The van der Waals surface area contributed by atoms with Crippen LogP contribution in [0.1, 0.15) is 35.8 Å². The van der Waals surface area contributed by atoms with E-state index in [1.54, 1.807) is 18.7 Å². The molecule has 7 nitrogen and oxygen atoms in total. The molecule has 0 spiro atoms. The van der Waals surface area contributed by atoms with Crippen molar-refractivity contribution in [2.24, 2.45) is 4.99 Å². The van der Waals surface area contributed by atoms with Gasteiger partial charge in [0.2, 0.25) is 0 Å². The van der Waals surface area contributed by atoms with Crippen molar-refractivity contribution in [1.29, 1.82) is 0 Å². The Balaban J connectivity index is 1.30. The van der Waals surface area contributed by atoms with Crippen molar-refractivity contribution in [2.45, 2.75) is 38.0 Å².